The van der Waals surface area contributed by atoms with Crippen molar-refractivity contribution in [3.8, 4) is 0 Å². The first kappa shape index (κ1) is 65.7. The van der Waals surface area contributed by atoms with Gasteiger partial charge < -0.3 is 40.3 Å². The Labute approximate surface area is 426 Å². The summed E-state index contributed by atoms with van der Waals surface area (Å²) >= 11 is 0. The molecule has 408 valence electrons. The molecule has 1 rings (SSSR count). The van der Waals surface area contributed by atoms with Crippen molar-refractivity contribution in [3.05, 3.63) is 24.3 Å². The molecule has 0 aromatic carbocycles. The Morgan fingerprint density at radius 2 is 0.826 bits per heavy atom. The Morgan fingerprint density at radius 3 is 1.22 bits per heavy atom. The van der Waals surface area contributed by atoms with Gasteiger partial charge in [-0.05, 0) is 32.1 Å². The van der Waals surface area contributed by atoms with Gasteiger partial charge in [-0.25, -0.2) is 0 Å². The van der Waals surface area contributed by atoms with Crippen LogP contribution in [-0.2, 0) is 14.3 Å². The summed E-state index contributed by atoms with van der Waals surface area (Å²) in [6.07, 6.45) is 56.9. The van der Waals surface area contributed by atoms with Crippen molar-refractivity contribution in [2.75, 3.05) is 13.2 Å². The first-order valence-electron chi connectivity index (χ1n) is 30.1. The monoisotopic (exact) mass is 978 g/mol. The normalized spacial score (nSPS) is 19.6. The van der Waals surface area contributed by atoms with E-state index in [2.05, 4.69) is 31.3 Å². The summed E-state index contributed by atoms with van der Waals surface area (Å²) in [5.41, 5.74) is 0. The Hall–Kier alpha value is -1.33. The van der Waals surface area contributed by atoms with E-state index >= 15 is 0 Å². The lowest BCUT2D eigenvalue weighted by Crippen LogP contribution is -2.60. The van der Waals surface area contributed by atoms with Crippen LogP contribution in [0.2, 0.25) is 0 Å². The fourth-order valence-corrected chi connectivity index (χ4v) is 9.76. The Balaban J connectivity index is 2.21. The average Bonchev–Trinajstić information content (AvgIpc) is 3.35. The molecule has 1 saturated heterocycles. The van der Waals surface area contributed by atoms with Crippen LogP contribution in [0.5, 0.6) is 0 Å². The molecule has 1 heterocycles. The quantitative estimate of drug-likeness (QED) is 0.0261. The number of unbranched alkanes of at least 4 members (excludes halogenated alkanes) is 40. The minimum Gasteiger partial charge on any atom is -0.394 e. The molecule has 9 nitrogen and oxygen atoms in total. The van der Waals surface area contributed by atoms with Crippen molar-refractivity contribution in [1.82, 2.24) is 5.32 Å². The zero-order valence-electron chi connectivity index (χ0n) is 45.3. The molecule has 7 atom stereocenters. The number of carbonyl (C=O) groups is 1. The van der Waals surface area contributed by atoms with Gasteiger partial charge in [0.05, 0.1) is 25.4 Å². The molecule has 0 aromatic heterocycles. The summed E-state index contributed by atoms with van der Waals surface area (Å²) in [6.45, 7) is 3.80. The summed E-state index contributed by atoms with van der Waals surface area (Å²) in [6, 6.07) is -0.818. The van der Waals surface area contributed by atoms with Crippen LogP contribution in [0.1, 0.15) is 296 Å². The van der Waals surface area contributed by atoms with E-state index in [-0.39, 0.29) is 12.5 Å². The largest absolute Gasteiger partial charge is 0.394 e. The SMILES string of the molecule is CCCCCCCCCCCCCCCCCCCCCCCC/C=C/CC/C=C/C(O)C(COC1OC(CO)C(O)C(O)C1O)NC(=O)CCCCCCCCCCCCCCCCCCCC. The zero-order valence-corrected chi connectivity index (χ0v) is 45.3. The number of carbonyl (C=O) groups excluding carboxylic acids is 1. The molecule has 0 aliphatic carbocycles. The van der Waals surface area contributed by atoms with E-state index in [1.54, 1.807) is 6.08 Å². The van der Waals surface area contributed by atoms with Crippen molar-refractivity contribution in [1.29, 1.82) is 0 Å². The second-order valence-corrected chi connectivity index (χ2v) is 21.1. The maximum Gasteiger partial charge on any atom is 0.220 e. The van der Waals surface area contributed by atoms with Crippen LogP contribution < -0.4 is 5.32 Å². The molecule has 1 aliphatic heterocycles. The minimum absolute atomic E-state index is 0.181. The number of ether oxygens (including phenoxy) is 2. The van der Waals surface area contributed by atoms with E-state index in [0.29, 0.717) is 6.42 Å². The molecule has 0 saturated carbocycles. The van der Waals surface area contributed by atoms with Gasteiger partial charge in [-0.3, -0.25) is 4.79 Å². The molecule has 1 aliphatic rings. The lowest BCUT2D eigenvalue weighted by molar-refractivity contribution is -0.302. The zero-order chi connectivity index (χ0) is 50.1. The van der Waals surface area contributed by atoms with E-state index < -0.39 is 49.5 Å². The molecule has 0 aromatic rings. The third kappa shape index (κ3) is 39.8. The highest BCUT2D eigenvalue weighted by Crippen LogP contribution is 2.23. The maximum absolute atomic E-state index is 13.0. The number of hydrogen-bond donors (Lipinski definition) is 6. The molecule has 1 amide bonds. The van der Waals surface area contributed by atoms with Gasteiger partial charge in [-0.2, -0.15) is 0 Å². The summed E-state index contributed by atoms with van der Waals surface area (Å²) in [7, 11) is 0. The molecule has 6 N–H and O–H groups in total. The number of allylic oxidation sites excluding steroid dienone is 3. The number of amides is 1. The van der Waals surface area contributed by atoms with Crippen molar-refractivity contribution in [2.24, 2.45) is 0 Å². The second-order valence-electron chi connectivity index (χ2n) is 21.1. The highest BCUT2D eigenvalue weighted by Gasteiger charge is 2.44. The van der Waals surface area contributed by atoms with Crippen molar-refractivity contribution >= 4 is 5.91 Å². The second kappa shape index (κ2) is 50.2. The van der Waals surface area contributed by atoms with Gasteiger partial charge in [-0.1, -0.05) is 282 Å². The average molecular weight is 979 g/mol. The van der Waals surface area contributed by atoms with Crippen molar-refractivity contribution in [3.63, 3.8) is 0 Å². The lowest BCUT2D eigenvalue weighted by atomic mass is 9.99. The van der Waals surface area contributed by atoms with Gasteiger partial charge in [0, 0.05) is 6.42 Å². The van der Waals surface area contributed by atoms with Gasteiger partial charge in [-0.15, -0.1) is 0 Å². The summed E-state index contributed by atoms with van der Waals surface area (Å²) in [4.78, 5) is 13.0. The van der Waals surface area contributed by atoms with E-state index in [9.17, 15) is 30.3 Å². The van der Waals surface area contributed by atoms with Crippen LogP contribution in [-0.4, -0.2) is 87.5 Å². The van der Waals surface area contributed by atoms with Gasteiger partial charge in [0.25, 0.3) is 0 Å². The van der Waals surface area contributed by atoms with Crippen LogP contribution >= 0.6 is 0 Å². The van der Waals surface area contributed by atoms with E-state index in [0.717, 1.165) is 38.5 Å². The lowest BCUT2D eigenvalue weighted by Gasteiger charge is -2.40. The highest BCUT2D eigenvalue weighted by atomic mass is 16.7. The first-order valence-corrected chi connectivity index (χ1v) is 30.1. The summed E-state index contributed by atoms with van der Waals surface area (Å²) in [5, 5.41) is 54.5. The molecular weight excluding hydrogens is 863 g/mol. The van der Waals surface area contributed by atoms with E-state index in [1.807, 2.05) is 6.08 Å². The standard InChI is InChI=1S/C60H115NO8/c1-3-5-7-9-11-13-15-17-19-21-23-24-25-26-27-28-29-30-31-32-33-35-37-39-41-43-45-47-49-54(63)53(52-68-60-59(67)58(66)57(65)55(51-62)69-60)61-56(64)50-48-46-44-42-40-38-36-34-22-20-18-16-14-12-10-8-6-4-2/h39,41,47,49,53-55,57-60,62-63,65-67H,3-38,40,42-46,48,50-52H2,1-2H3,(H,61,64)/b41-39+,49-47+. The molecular formula is C60H115NO8. The highest BCUT2D eigenvalue weighted by molar-refractivity contribution is 5.76. The first-order chi connectivity index (χ1) is 33.8. The predicted octanol–water partition coefficient (Wildman–Crippen LogP) is 15.0. The van der Waals surface area contributed by atoms with Gasteiger partial charge in [0.1, 0.15) is 24.4 Å². The van der Waals surface area contributed by atoms with Crippen molar-refractivity contribution < 1.29 is 39.8 Å². The Bertz CT molecular complexity index is 1130. The summed E-state index contributed by atoms with van der Waals surface area (Å²) in [5.74, 6) is -0.181. The molecule has 7 unspecified atom stereocenters. The van der Waals surface area contributed by atoms with Crippen LogP contribution in [0.25, 0.3) is 0 Å². The van der Waals surface area contributed by atoms with Crippen LogP contribution in [0.15, 0.2) is 24.3 Å². The molecule has 1 fully saturated rings. The van der Waals surface area contributed by atoms with Gasteiger partial charge >= 0.3 is 0 Å². The van der Waals surface area contributed by atoms with Crippen molar-refractivity contribution in [2.45, 2.75) is 339 Å². The number of aliphatic hydroxyl groups is 5. The Kier molecular flexibility index (Phi) is 47.8. The number of aliphatic hydroxyl groups excluding tert-OH is 5. The minimum atomic E-state index is -1.57. The van der Waals surface area contributed by atoms with Crippen LogP contribution in [0, 0.1) is 0 Å². The van der Waals surface area contributed by atoms with Crippen LogP contribution in [0.3, 0.4) is 0 Å². The van der Waals surface area contributed by atoms with E-state index in [1.165, 1.54) is 238 Å². The number of hydrogen-bond acceptors (Lipinski definition) is 8. The van der Waals surface area contributed by atoms with Gasteiger partial charge in [0.15, 0.2) is 6.29 Å². The number of rotatable bonds is 52. The maximum atomic E-state index is 13.0. The molecule has 0 spiro atoms. The molecule has 0 radical (unpaired) electrons. The molecule has 69 heavy (non-hydrogen) atoms. The smallest absolute Gasteiger partial charge is 0.220 e. The predicted molar refractivity (Wildman–Crippen MR) is 290 cm³/mol. The fraction of sp³-hybridized carbons (Fsp3) is 0.917. The third-order valence-electron chi connectivity index (χ3n) is 14.5. The summed E-state index contributed by atoms with van der Waals surface area (Å²) < 4.78 is 11.3. The van der Waals surface area contributed by atoms with E-state index in [4.69, 9.17) is 9.47 Å². The molecule has 9 heteroatoms. The van der Waals surface area contributed by atoms with Crippen LogP contribution in [0.4, 0.5) is 0 Å². The Morgan fingerprint density at radius 1 is 0.478 bits per heavy atom. The number of nitrogens with one attached hydrogen (secondary N) is 1. The topological polar surface area (TPSA) is 149 Å². The molecule has 0 bridgehead atoms. The fourth-order valence-electron chi connectivity index (χ4n) is 9.76. The van der Waals surface area contributed by atoms with Gasteiger partial charge in [0.2, 0.25) is 5.91 Å². The third-order valence-corrected chi connectivity index (χ3v) is 14.5.